The number of benzene rings is 2. The molecule has 1 aliphatic carbocycles. The predicted octanol–water partition coefficient (Wildman–Crippen LogP) is 5.74. The van der Waals surface area contributed by atoms with Gasteiger partial charge in [0.1, 0.15) is 6.61 Å². The lowest BCUT2D eigenvalue weighted by molar-refractivity contribution is 0.269. The predicted molar refractivity (Wildman–Crippen MR) is 107 cm³/mol. The van der Waals surface area contributed by atoms with Gasteiger partial charge in [0.05, 0.1) is 6.61 Å². The van der Waals surface area contributed by atoms with Gasteiger partial charge >= 0.3 is 0 Å². The summed E-state index contributed by atoms with van der Waals surface area (Å²) in [6, 6.07) is 14.6. The molecule has 0 aromatic heterocycles. The minimum atomic E-state index is 0.473. The molecule has 1 fully saturated rings. The summed E-state index contributed by atoms with van der Waals surface area (Å²) in [5.41, 5.74) is 2.28. The van der Waals surface area contributed by atoms with Crippen molar-refractivity contribution in [2.24, 2.45) is 0 Å². The minimum absolute atomic E-state index is 0.473. The smallest absolute Gasteiger partial charge is 0.161 e. The second-order valence-corrected chi connectivity index (χ2v) is 7.28. The van der Waals surface area contributed by atoms with Gasteiger partial charge in [-0.3, -0.25) is 0 Å². The fraction of sp³-hybridized carbons (Fsp3) is 0.455. The summed E-state index contributed by atoms with van der Waals surface area (Å²) in [5.74, 6) is 1.57. The zero-order valence-electron chi connectivity index (χ0n) is 15.5. The Morgan fingerprint density at radius 1 is 0.962 bits per heavy atom. The number of rotatable bonds is 8. The molecule has 0 unspecified atom stereocenters. The second-order valence-electron chi connectivity index (χ2n) is 6.85. The Balaban J connectivity index is 1.61. The highest BCUT2D eigenvalue weighted by Gasteiger charge is 2.13. The lowest BCUT2D eigenvalue weighted by Crippen LogP contribution is -2.30. The quantitative estimate of drug-likeness (QED) is 0.640. The molecule has 0 amide bonds. The van der Waals surface area contributed by atoms with Crippen LogP contribution in [0.5, 0.6) is 11.5 Å². The van der Waals surface area contributed by atoms with Crippen molar-refractivity contribution in [2.45, 2.75) is 58.2 Å². The third kappa shape index (κ3) is 5.65. The number of hydrogen-bond donors (Lipinski definition) is 1. The summed E-state index contributed by atoms with van der Waals surface area (Å²) < 4.78 is 11.8. The molecule has 1 N–H and O–H groups in total. The molecule has 0 spiro atoms. The average Bonchev–Trinajstić information content (AvgIpc) is 2.67. The third-order valence-corrected chi connectivity index (χ3v) is 5.03. The van der Waals surface area contributed by atoms with Crippen molar-refractivity contribution in [3.05, 3.63) is 58.6 Å². The lowest BCUT2D eigenvalue weighted by atomic mass is 9.95. The van der Waals surface area contributed by atoms with E-state index in [0.717, 1.165) is 28.6 Å². The summed E-state index contributed by atoms with van der Waals surface area (Å²) in [6.45, 7) is 3.96. The molecule has 1 aliphatic rings. The Hall–Kier alpha value is -1.71. The summed E-state index contributed by atoms with van der Waals surface area (Å²) in [5, 5.41) is 4.40. The van der Waals surface area contributed by atoms with E-state index in [-0.39, 0.29) is 0 Å². The van der Waals surface area contributed by atoms with Crippen molar-refractivity contribution in [3.63, 3.8) is 0 Å². The van der Waals surface area contributed by atoms with E-state index in [2.05, 4.69) is 17.4 Å². The van der Waals surface area contributed by atoms with E-state index in [0.29, 0.717) is 19.3 Å². The van der Waals surface area contributed by atoms with E-state index < -0.39 is 0 Å². The summed E-state index contributed by atoms with van der Waals surface area (Å²) in [4.78, 5) is 0. The first-order valence-corrected chi connectivity index (χ1v) is 9.98. The van der Waals surface area contributed by atoms with Gasteiger partial charge in [0.15, 0.2) is 11.5 Å². The second kappa shape index (κ2) is 9.84. The zero-order chi connectivity index (χ0) is 18.2. The molecule has 0 atom stereocenters. The molecule has 0 radical (unpaired) electrons. The van der Waals surface area contributed by atoms with E-state index in [1.54, 1.807) is 0 Å². The first-order chi connectivity index (χ1) is 12.7. The number of hydrogen-bond acceptors (Lipinski definition) is 3. The Morgan fingerprint density at radius 3 is 2.58 bits per heavy atom. The maximum absolute atomic E-state index is 6.04. The van der Waals surface area contributed by atoms with Crippen LogP contribution in [0.15, 0.2) is 42.5 Å². The first-order valence-electron chi connectivity index (χ1n) is 9.61. The van der Waals surface area contributed by atoms with E-state index in [9.17, 15) is 0 Å². The van der Waals surface area contributed by atoms with E-state index in [4.69, 9.17) is 21.1 Å². The van der Waals surface area contributed by atoms with Crippen LogP contribution in [0, 0.1) is 0 Å². The van der Waals surface area contributed by atoms with Gasteiger partial charge < -0.3 is 14.8 Å². The molecular formula is C22H28ClNO2. The van der Waals surface area contributed by atoms with Gasteiger partial charge in [-0.25, -0.2) is 0 Å². The number of halogens is 1. The monoisotopic (exact) mass is 373 g/mol. The largest absolute Gasteiger partial charge is 0.490 e. The van der Waals surface area contributed by atoms with Crippen LogP contribution in [-0.2, 0) is 13.2 Å². The zero-order valence-corrected chi connectivity index (χ0v) is 16.2. The van der Waals surface area contributed by atoms with Gasteiger partial charge in [-0.15, -0.1) is 0 Å². The maximum Gasteiger partial charge on any atom is 0.161 e. The van der Waals surface area contributed by atoms with E-state index in [1.165, 1.54) is 37.7 Å². The van der Waals surface area contributed by atoms with Crippen LogP contribution in [0.1, 0.15) is 50.2 Å². The number of ether oxygens (including phenoxy) is 2. The van der Waals surface area contributed by atoms with Crippen LogP contribution in [0.2, 0.25) is 5.02 Å². The fourth-order valence-corrected chi connectivity index (χ4v) is 3.62. The molecular weight excluding hydrogens is 346 g/mol. The first kappa shape index (κ1) is 19.1. The minimum Gasteiger partial charge on any atom is -0.490 e. The Kier molecular flexibility index (Phi) is 7.22. The van der Waals surface area contributed by atoms with Crippen molar-refractivity contribution < 1.29 is 9.47 Å². The van der Waals surface area contributed by atoms with Gasteiger partial charge in [0.25, 0.3) is 0 Å². The van der Waals surface area contributed by atoms with Gasteiger partial charge in [-0.2, -0.15) is 0 Å². The topological polar surface area (TPSA) is 30.5 Å². The Labute approximate surface area is 161 Å². The Morgan fingerprint density at radius 2 is 1.81 bits per heavy atom. The van der Waals surface area contributed by atoms with Gasteiger partial charge in [-0.05, 0) is 55.2 Å². The molecule has 0 aliphatic heterocycles. The molecule has 2 aromatic carbocycles. The summed E-state index contributed by atoms with van der Waals surface area (Å²) in [6.07, 6.45) is 6.65. The van der Waals surface area contributed by atoms with Crippen LogP contribution < -0.4 is 14.8 Å². The molecule has 0 heterocycles. The van der Waals surface area contributed by atoms with Crippen LogP contribution in [-0.4, -0.2) is 12.6 Å². The molecule has 0 bridgehead atoms. The normalized spacial score (nSPS) is 15.0. The van der Waals surface area contributed by atoms with Crippen molar-refractivity contribution >= 4 is 11.6 Å². The van der Waals surface area contributed by atoms with E-state index in [1.807, 2.05) is 37.3 Å². The van der Waals surface area contributed by atoms with E-state index >= 15 is 0 Å². The average molecular weight is 374 g/mol. The maximum atomic E-state index is 6.04. The van der Waals surface area contributed by atoms with Crippen molar-refractivity contribution in [1.82, 2.24) is 5.32 Å². The highest BCUT2D eigenvalue weighted by molar-refractivity contribution is 6.30. The van der Waals surface area contributed by atoms with Crippen LogP contribution in [0.3, 0.4) is 0 Å². The highest BCUT2D eigenvalue weighted by atomic mass is 35.5. The highest BCUT2D eigenvalue weighted by Crippen LogP contribution is 2.30. The Bertz CT molecular complexity index is 698. The van der Waals surface area contributed by atoms with Crippen molar-refractivity contribution in [1.29, 1.82) is 0 Å². The molecule has 1 saturated carbocycles. The fourth-order valence-electron chi connectivity index (χ4n) is 3.41. The molecule has 3 nitrogen and oxygen atoms in total. The van der Waals surface area contributed by atoms with Crippen LogP contribution in [0.25, 0.3) is 0 Å². The van der Waals surface area contributed by atoms with Crippen molar-refractivity contribution in [2.75, 3.05) is 6.61 Å². The molecule has 0 saturated heterocycles. The number of nitrogens with one attached hydrogen (secondary N) is 1. The molecule has 140 valence electrons. The third-order valence-electron chi connectivity index (χ3n) is 4.79. The summed E-state index contributed by atoms with van der Waals surface area (Å²) >= 11 is 6.04. The van der Waals surface area contributed by atoms with Gasteiger partial charge in [0, 0.05) is 17.6 Å². The standard InChI is InChI=1S/C22H28ClNO2/c1-2-25-22-14-17(15-24-20-9-4-3-5-10-20)11-12-21(22)26-16-18-7-6-8-19(23)13-18/h6-8,11-14,20,24H,2-5,9-10,15-16H2,1H3. The van der Waals surface area contributed by atoms with Crippen molar-refractivity contribution in [3.8, 4) is 11.5 Å². The molecule has 4 heteroatoms. The van der Waals surface area contributed by atoms with Crippen LogP contribution >= 0.6 is 11.6 Å². The molecule has 2 aromatic rings. The van der Waals surface area contributed by atoms with Crippen LogP contribution in [0.4, 0.5) is 0 Å². The molecule has 3 rings (SSSR count). The summed E-state index contributed by atoms with van der Waals surface area (Å²) in [7, 11) is 0. The van der Waals surface area contributed by atoms with Gasteiger partial charge in [0.2, 0.25) is 0 Å². The lowest BCUT2D eigenvalue weighted by Gasteiger charge is -2.23. The van der Waals surface area contributed by atoms with Gasteiger partial charge in [-0.1, -0.05) is 49.1 Å². The molecule has 26 heavy (non-hydrogen) atoms. The SMILES string of the molecule is CCOc1cc(CNC2CCCCC2)ccc1OCc1cccc(Cl)c1.